The number of nitrogens with one attached hydrogen (secondary N) is 1. The normalized spacial score (nSPS) is 27.0. The molecule has 7 heteroatoms. The van der Waals surface area contributed by atoms with Gasteiger partial charge in [0.05, 0.1) is 36.4 Å². The summed E-state index contributed by atoms with van der Waals surface area (Å²) >= 11 is 0. The number of rotatable bonds is 6. The maximum Gasteiger partial charge on any atom is 0.306 e. The van der Waals surface area contributed by atoms with Crippen molar-refractivity contribution in [3.8, 4) is 11.8 Å². The second-order valence-corrected chi connectivity index (χ2v) is 11.8. The molecular weight excluding hydrogens is 478 g/mol. The first kappa shape index (κ1) is 23.5. The van der Waals surface area contributed by atoms with Crippen molar-refractivity contribution in [2.75, 3.05) is 13.2 Å². The number of carbonyl (C=O) groups excluding carboxylic acids is 1. The van der Waals surface area contributed by atoms with E-state index >= 15 is 0 Å². The van der Waals surface area contributed by atoms with Crippen LogP contribution in [0, 0.1) is 23.2 Å². The zero-order valence-electron chi connectivity index (χ0n) is 21.5. The zero-order chi connectivity index (χ0) is 26.1. The van der Waals surface area contributed by atoms with Gasteiger partial charge in [-0.05, 0) is 80.0 Å². The van der Waals surface area contributed by atoms with Crippen molar-refractivity contribution in [2.24, 2.45) is 11.3 Å². The average molecular weight is 510 g/mol. The molecule has 1 spiro atoms. The van der Waals surface area contributed by atoms with Crippen LogP contribution in [0.2, 0.25) is 0 Å². The minimum Gasteiger partial charge on any atom is -0.481 e. The summed E-state index contributed by atoms with van der Waals surface area (Å²) in [5.74, 6) is 5.79. The standard InChI is InChI=1S/C31H31N3O4/c1-2-3-21-8-11-25(28(35)33-24-14-30(15-24)12-22(13-30)29(36)37)27-26(21)16-32-34(27)31(17-38-18-31)23-9-6-20(7-10-23)19-4-5-19/h6-11,16,19,22,24H,4-5,12-15,17-18H2,1H3,(H,33,35)(H,36,37). The number of fused-ring (bicyclic) bond motifs is 1. The summed E-state index contributed by atoms with van der Waals surface area (Å²) in [6.45, 7) is 2.79. The van der Waals surface area contributed by atoms with E-state index in [1.54, 1.807) is 6.92 Å². The third kappa shape index (κ3) is 3.58. The van der Waals surface area contributed by atoms with E-state index in [2.05, 4.69) is 41.4 Å². The first-order valence-electron chi connectivity index (χ1n) is 13.6. The van der Waals surface area contributed by atoms with E-state index in [0.29, 0.717) is 24.7 Å². The largest absolute Gasteiger partial charge is 0.481 e. The van der Waals surface area contributed by atoms with Gasteiger partial charge in [0.25, 0.3) is 5.91 Å². The molecule has 0 atom stereocenters. The van der Waals surface area contributed by atoms with E-state index in [4.69, 9.17) is 9.84 Å². The van der Waals surface area contributed by atoms with Crippen LogP contribution >= 0.6 is 0 Å². The smallest absolute Gasteiger partial charge is 0.306 e. The van der Waals surface area contributed by atoms with Gasteiger partial charge < -0.3 is 15.2 Å². The van der Waals surface area contributed by atoms with Gasteiger partial charge >= 0.3 is 5.97 Å². The van der Waals surface area contributed by atoms with Crippen molar-refractivity contribution in [3.63, 3.8) is 0 Å². The highest BCUT2D eigenvalue weighted by Gasteiger charge is 2.55. The fourth-order valence-corrected chi connectivity index (χ4v) is 6.92. The fourth-order valence-electron chi connectivity index (χ4n) is 6.92. The Balaban J connectivity index is 1.21. The molecule has 3 saturated carbocycles. The van der Waals surface area contributed by atoms with Gasteiger partial charge in [-0.1, -0.05) is 30.2 Å². The molecule has 7 rings (SSSR count). The number of aliphatic carboxylic acids is 1. The number of carboxylic acids is 1. The van der Waals surface area contributed by atoms with Gasteiger partial charge in [-0.15, -0.1) is 5.92 Å². The summed E-state index contributed by atoms with van der Waals surface area (Å²) in [5, 5.41) is 18.1. The van der Waals surface area contributed by atoms with Crippen LogP contribution in [0.15, 0.2) is 42.6 Å². The summed E-state index contributed by atoms with van der Waals surface area (Å²) in [6, 6.07) is 12.7. The summed E-state index contributed by atoms with van der Waals surface area (Å²) in [5.41, 5.74) is 4.35. The zero-order valence-corrected chi connectivity index (χ0v) is 21.5. The summed E-state index contributed by atoms with van der Waals surface area (Å²) < 4.78 is 7.75. The minimum absolute atomic E-state index is 0.0646. The Morgan fingerprint density at radius 3 is 2.42 bits per heavy atom. The summed E-state index contributed by atoms with van der Waals surface area (Å²) in [6.07, 6.45) is 7.48. The number of nitrogens with zero attached hydrogens (tertiary/aromatic N) is 2. The van der Waals surface area contributed by atoms with Crippen molar-refractivity contribution in [2.45, 2.75) is 62.9 Å². The molecule has 0 unspecified atom stereocenters. The molecule has 4 fully saturated rings. The van der Waals surface area contributed by atoms with Crippen LogP contribution in [-0.2, 0) is 15.1 Å². The molecule has 2 N–H and O–H groups in total. The van der Waals surface area contributed by atoms with E-state index in [9.17, 15) is 14.7 Å². The quantitative estimate of drug-likeness (QED) is 0.480. The lowest BCUT2D eigenvalue weighted by atomic mass is 9.50. The molecule has 0 radical (unpaired) electrons. The number of benzene rings is 2. The summed E-state index contributed by atoms with van der Waals surface area (Å²) in [4.78, 5) is 24.9. The molecule has 4 aliphatic rings. The lowest BCUT2D eigenvalue weighted by Gasteiger charge is -2.56. The molecule has 2 aromatic carbocycles. The third-order valence-corrected chi connectivity index (χ3v) is 9.22. The van der Waals surface area contributed by atoms with E-state index in [-0.39, 0.29) is 23.3 Å². The third-order valence-electron chi connectivity index (χ3n) is 9.22. The van der Waals surface area contributed by atoms with Crippen LogP contribution < -0.4 is 5.32 Å². The van der Waals surface area contributed by atoms with Gasteiger partial charge in [-0.3, -0.25) is 9.59 Å². The number of hydrogen-bond acceptors (Lipinski definition) is 4. The number of hydrogen-bond donors (Lipinski definition) is 2. The predicted octanol–water partition coefficient (Wildman–Crippen LogP) is 4.43. The second-order valence-electron chi connectivity index (χ2n) is 11.8. The predicted molar refractivity (Wildman–Crippen MR) is 142 cm³/mol. The van der Waals surface area contributed by atoms with Gasteiger partial charge in [0.1, 0.15) is 5.54 Å². The molecule has 3 aromatic rings. The lowest BCUT2D eigenvalue weighted by Crippen LogP contribution is -2.57. The molecule has 2 heterocycles. The van der Waals surface area contributed by atoms with Gasteiger partial charge in [-0.2, -0.15) is 5.10 Å². The van der Waals surface area contributed by atoms with Crippen LogP contribution in [0.3, 0.4) is 0 Å². The summed E-state index contributed by atoms with van der Waals surface area (Å²) in [7, 11) is 0. The van der Waals surface area contributed by atoms with Crippen LogP contribution in [0.25, 0.3) is 10.9 Å². The maximum absolute atomic E-state index is 13.7. The molecule has 1 aliphatic heterocycles. The highest BCUT2D eigenvalue weighted by Crippen LogP contribution is 2.58. The Hall–Kier alpha value is -3.63. The number of ether oxygens (including phenoxy) is 1. The van der Waals surface area contributed by atoms with Gasteiger partial charge in [0.2, 0.25) is 0 Å². The Morgan fingerprint density at radius 1 is 1.08 bits per heavy atom. The van der Waals surface area contributed by atoms with Crippen molar-refractivity contribution in [1.82, 2.24) is 15.1 Å². The molecule has 0 bridgehead atoms. The highest BCUT2D eigenvalue weighted by atomic mass is 16.5. The van der Waals surface area contributed by atoms with Crippen molar-refractivity contribution < 1.29 is 19.4 Å². The number of carbonyl (C=O) groups is 2. The van der Waals surface area contributed by atoms with Gasteiger partial charge in [0, 0.05) is 17.0 Å². The maximum atomic E-state index is 13.7. The number of amides is 1. The molecule has 7 nitrogen and oxygen atoms in total. The molecule has 3 aliphatic carbocycles. The number of carboxylic acid groups (broad SMARTS) is 1. The van der Waals surface area contributed by atoms with E-state index in [1.807, 2.05) is 23.0 Å². The lowest BCUT2D eigenvalue weighted by molar-refractivity contribution is -0.155. The Labute approximate surface area is 221 Å². The first-order chi connectivity index (χ1) is 18.4. The van der Waals surface area contributed by atoms with Crippen molar-refractivity contribution in [3.05, 3.63) is 64.8 Å². The molecule has 1 saturated heterocycles. The van der Waals surface area contributed by atoms with Crippen LogP contribution in [-0.4, -0.2) is 46.0 Å². The fraction of sp³-hybridized carbons (Fsp3) is 0.452. The molecule has 38 heavy (non-hydrogen) atoms. The second kappa shape index (κ2) is 8.44. The Morgan fingerprint density at radius 2 is 1.82 bits per heavy atom. The topological polar surface area (TPSA) is 93.5 Å². The monoisotopic (exact) mass is 509 g/mol. The van der Waals surface area contributed by atoms with Gasteiger partial charge in [0.15, 0.2) is 0 Å². The Kier molecular flexibility index (Phi) is 5.22. The van der Waals surface area contributed by atoms with Crippen LogP contribution in [0.1, 0.15) is 78.4 Å². The van der Waals surface area contributed by atoms with Gasteiger partial charge in [-0.25, -0.2) is 4.68 Å². The Bertz CT molecular complexity index is 1500. The van der Waals surface area contributed by atoms with Crippen molar-refractivity contribution in [1.29, 1.82) is 0 Å². The molecule has 194 valence electrons. The average Bonchev–Trinajstić information content (AvgIpc) is 3.59. The molecule has 1 aromatic heterocycles. The minimum atomic E-state index is -0.704. The van der Waals surface area contributed by atoms with Crippen LogP contribution in [0.4, 0.5) is 0 Å². The molecule has 1 amide bonds. The van der Waals surface area contributed by atoms with E-state index in [0.717, 1.165) is 47.7 Å². The van der Waals surface area contributed by atoms with Crippen molar-refractivity contribution >= 4 is 22.8 Å². The highest BCUT2D eigenvalue weighted by molar-refractivity contribution is 6.07. The molecular formula is C31H31N3O4. The van der Waals surface area contributed by atoms with E-state index in [1.165, 1.54) is 18.4 Å². The SMILES string of the molecule is CC#Cc1ccc(C(=O)NC2CC3(C2)CC(C(=O)O)C3)c2c1cnn2C1(c2ccc(C3CC3)cc2)COC1. The van der Waals surface area contributed by atoms with E-state index < -0.39 is 11.5 Å². The number of aromatic nitrogens is 2. The van der Waals surface area contributed by atoms with Crippen LogP contribution in [0.5, 0.6) is 0 Å². The first-order valence-corrected chi connectivity index (χ1v) is 13.6.